The van der Waals surface area contributed by atoms with E-state index in [0.29, 0.717) is 30.7 Å². The van der Waals surface area contributed by atoms with Gasteiger partial charge >= 0.3 is 0 Å². The number of hydrogen-bond acceptors (Lipinski definition) is 6. The van der Waals surface area contributed by atoms with Crippen molar-refractivity contribution in [1.82, 2.24) is 14.9 Å². The van der Waals surface area contributed by atoms with E-state index in [9.17, 15) is 4.79 Å². The molecular formula is C20H26N4O3. The smallest absolute Gasteiger partial charge is 0.272 e. The van der Waals surface area contributed by atoms with Gasteiger partial charge in [-0.15, -0.1) is 0 Å². The first-order chi connectivity index (χ1) is 13.2. The van der Waals surface area contributed by atoms with Crippen molar-refractivity contribution in [2.45, 2.75) is 19.8 Å². The fraction of sp³-hybridized carbons (Fsp3) is 0.450. The van der Waals surface area contributed by atoms with E-state index in [1.54, 1.807) is 19.4 Å². The van der Waals surface area contributed by atoms with E-state index in [1.165, 1.54) is 6.42 Å². The number of benzene rings is 1. The van der Waals surface area contributed by atoms with Crippen LogP contribution in [0.25, 0.3) is 0 Å². The van der Waals surface area contributed by atoms with Crippen LogP contribution in [-0.4, -0.2) is 54.1 Å². The van der Waals surface area contributed by atoms with Crippen LogP contribution < -0.4 is 14.8 Å². The van der Waals surface area contributed by atoms with Crippen LogP contribution in [0, 0.1) is 5.92 Å². The largest absolute Gasteiger partial charge is 0.497 e. The second-order valence-electron chi connectivity index (χ2n) is 6.71. The molecule has 1 aromatic carbocycles. The lowest BCUT2D eigenvalue weighted by atomic mass is 10.00. The Morgan fingerprint density at radius 2 is 2.04 bits per heavy atom. The molecule has 144 valence electrons. The SMILES string of the molecule is COc1ccc(OCCNc2nccc(C(=O)N3CCCC(C)C3)n2)cc1. The van der Waals surface area contributed by atoms with Crippen LogP contribution in [0.3, 0.4) is 0 Å². The lowest BCUT2D eigenvalue weighted by Crippen LogP contribution is -2.39. The molecule has 7 nitrogen and oxygen atoms in total. The first-order valence-electron chi connectivity index (χ1n) is 9.29. The normalized spacial score (nSPS) is 16.7. The molecule has 1 saturated heterocycles. The standard InChI is InChI=1S/C20H26N4O3/c1-15-4-3-12-24(14-15)19(25)18-9-10-21-20(23-18)22-11-13-27-17-7-5-16(26-2)6-8-17/h5-10,15H,3-4,11-14H2,1-2H3,(H,21,22,23). The van der Waals surface area contributed by atoms with Gasteiger partial charge in [0, 0.05) is 19.3 Å². The maximum absolute atomic E-state index is 12.6. The van der Waals surface area contributed by atoms with Crippen molar-refractivity contribution in [3.63, 3.8) is 0 Å². The lowest BCUT2D eigenvalue weighted by Gasteiger charge is -2.30. The van der Waals surface area contributed by atoms with Crippen LogP contribution in [0.15, 0.2) is 36.5 Å². The van der Waals surface area contributed by atoms with Crippen molar-refractivity contribution in [1.29, 1.82) is 0 Å². The minimum atomic E-state index is -0.0264. The number of ether oxygens (including phenoxy) is 2. The highest BCUT2D eigenvalue weighted by Gasteiger charge is 2.23. The van der Waals surface area contributed by atoms with Gasteiger partial charge in [-0.3, -0.25) is 4.79 Å². The minimum absolute atomic E-state index is 0.0264. The Morgan fingerprint density at radius 1 is 1.26 bits per heavy atom. The Labute approximate surface area is 159 Å². The van der Waals surface area contributed by atoms with Gasteiger partial charge in [0.25, 0.3) is 5.91 Å². The van der Waals surface area contributed by atoms with Crippen molar-refractivity contribution in [3.05, 3.63) is 42.2 Å². The van der Waals surface area contributed by atoms with Gasteiger partial charge in [-0.1, -0.05) is 6.92 Å². The summed E-state index contributed by atoms with van der Waals surface area (Å²) < 4.78 is 10.8. The van der Waals surface area contributed by atoms with E-state index in [1.807, 2.05) is 29.2 Å². The molecule has 1 aliphatic rings. The summed E-state index contributed by atoms with van der Waals surface area (Å²) in [4.78, 5) is 23.1. The molecule has 7 heteroatoms. The summed E-state index contributed by atoms with van der Waals surface area (Å²) in [6.07, 6.45) is 3.83. The molecule has 0 spiro atoms. The average molecular weight is 370 g/mol. The molecule has 0 bridgehead atoms. The number of anilines is 1. The Kier molecular flexibility index (Phi) is 6.46. The van der Waals surface area contributed by atoms with E-state index in [-0.39, 0.29) is 5.91 Å². The van der Waals surface area contributed by atoms with Gasteiger partial charge in [-0.2, -0.15) is 0 Å². The number of hydrogen-bond donors (Lipinski definition) is 1. The van der Waals surface area contributed by atoms with E-state index in [2.05, 4.69) is 22.2 Å². The van der Waals surface area contributed by atoms with Gasteiger partial charge in [0.1, 0.15) is 23.8 Å². The molecule has 0 radical (unpaired) electrons. The molecule has 2 aromatic rings. The maximum atomic E-state index is 12.6. The maximum Gasteiger partial charge on any atom is 0.272 e. The Morgan fingerprint density at radius 3 is 2.78 bits per heavy atom. The molecule has 3 rings (SSSR count). The number of likely N-dealkylation sites (tertiary alicyclic amines) is 1. The van der Waals surface area contributed by atoms with Crippen molar-refractivity contribution in [2.75, 3.05) is 38.7 Å². The zero-order valence-electron chi connectivity index (χ0n) is 15.9. The number of amides is 1. The molecule has 0 saturated carbocycles. The predicted molar refractivity (Wildman–Crippen MR) is 103 cm³/mol. The van der Waals surface area contributed by atoms with E-state index in [4.69, 9.17) is 9.47 Å². The van der Waals surface area contributed by atoms with Crippen molar-refractivity contribution in [3.8, 4) is 11.5 Å². The highest BCUT2D eigenvalue weighted by molar-refractivity contribution is 5.92. The van der Waals surface area contributed by atoms with Crippen LogP contribution in [-0.2, 0) is 0 Å². The van der Waals surface area contributed by atoms with Crippen molar-refractivity contribution >= 4 is 11.9 Å². The summed E-state index contributed by atoms with van der Waals surface area (Å²) in [6.45, 7) is 4.75. The molecule has 27 heavy (non-hydrogen) atoms. The monoisotopic (exact) mass is 370 g/mol. The third-order valence-corrected chi connectivity index (χ3v) is 4.53. The molecule has 2 heterocycles. The molecule has 1 aliphatic heterocycles. The molecule has 1 atom stereocenters. The van der Waals surface area contributed by atoms with Crippen LogP contribution in [0.4, 0.5) is 5.95 Å². The molecule has 1 N–H and O–H groups in total. The number of methoxy groups -OCH3 is 1. The zero-order chi connectivity index (χ0) is 19.1. The third-order valence-electron chi connectivity index (χ3n) is 4.53. The van der Waals surface area contributed by atoms with Crippen molar-refractivity contribution in [2.24, 2.45) is 5.92 Å². The molecule has 1 fully saturated rings. The Hall–Kier alpha value is -2.83. The van der Waals surface area contributed by atoms with Gasteiger partial charge in [-0.05, 0) is 49.1 Å². The van der Waals surface area contributed by atoms with Crippen LogP contribution in [0.1, 0.15) is 30.3 Å². The van der Waals surface area contributed by atoms with Gasteiger partial charge < -0.3 is 19.7 Å². The van der Waals surface area contributed by atoms with E-state index < -0.39 is 0 Å². The van der Waals surface area contributed by atoms with Crippen LogP contribution in [0.5, 0.6) is 11.5 Å². The fourth-order valence-electron chi connectivity index (χ4n) is 3.10. The minimum Gasteiger partial charge on any atom is -0.497 e. The number of aromatic nitrogens is 2. The summed E-state index contributed by atoms with van der Waals surface area (Å²) >= 11 is 0. The molecular weight excluding hydrogens is 344 g/mol. The number of nitrogens with zero attached hydrogens (tertiary/aromatic N) is 3. The van der Waals surface area contributed by atoms with Gasteiger partial charge in [0.2, 0.25) is 5.95 Å². The average Bonchev–Trinajstić information content (AvgIpc) is 2.71. The Balaban J connectivity index is 1.49. The summed E-state index contributed by atoms with van der Waals surface area (Å²) in [5.41, 5.74) is 0.428. The quantitative estimate of drug-likeness (QED) is 0.755. The topological polar surface area (TPSA) is 76.6 Å². The third kappa shape index (κ3) is 5.32. The van der Waals surface area contributed by atoms with E-state index in [0.717, 1.165) is 31.0 Å². The fourth-order valence-corrected chi connectivity index (χ4v) is 3.10. The highest BCUT2D eigenvalue weighted by atomic mass is 16.5. The summed E-state index contributed by atoms with van der Waals surface area (Å²) in [5, 5.41) is 3.10. The summed E-state index contributed by atoms with van der Waals surface area (Å²) in [5.74, 6) is 2.50. The van der Waals surface area contributed by atoms with Gasteiger partial charge in [-0.25, -0.2) is 9.97 Å². The zero-order valence-corrected chi connectivity index (χ0v) is 15.9. The van der Waals surface area contributed by atoms with Gasteiger partial charge in [0.15, 0.2) is 0 Å². The lowest BCUT2D eigenvalue weighted by molar-refractivity contribution is 0.0677. The first-order valence-corrected chi connectivity index (χ1v) is 9.29. The number of carbonyl (C=O) groups excluding carboxylic acids is 1. The van der Waals surface area contributed by atoms with Crippen molar-refractivity contribution < 1.29 is 14.3 Å². The molecule has 1 aromatic heterocycles. The number of rotatable bonds is 7. The summed E-state index contributed by atoms with van der Waals surface area (Å²) in [6, 6.07) is 9.08. The first kappa shape index (κ1) is 18.9. The van der Waals surface area contributed by atoms with Crippen LogP contribution >= 0.6 is 0 Å². The molecule has 1 amide bonds. The van der Waals surface area contributed by atoms with E-state index >= 15 is 0 Å². The second-order valence-corrected chi connectivity index (χ2v) is 6.71. The van der Waals surface area contributed by atoms with Crippen LogP contribution in [0.2, 0.25) is 0 Å². The number of carbonyl (C=O) groups is 1. The number of piperidine rings is 1. The summed E-state index contributed by atoms with van der Waals surface area (Å²) in [7, 11) is 1.63. The predicted octanol–water partition coefficient (Wildman–Crippen LogP) is 2.85. The highest BCUT2D eigenvalue weighted by Crippen LogP contribution is 2.18. The van der Waals surface area contributed by atoms with Gasteiger partial charge in [0.05, 0.1) is 13.7 Å². The number of nitrogens with one attached hydrogen (secondary N) is 1. The Bertz CT molecular complexity index is 751. The molecule has 1 unspecified atom stereocenters. The molecule has 0 aliphatic carbocycles. The second kappa shape index (κ2) is 9.21.